The second-order valence-corrected chi connectivity index (χ2v) is 4.51. The maximum absolute atomic E-state index is 6.05. The molecule has 0 radical (unpaired) electrons. The first-order chi connectivity index (χ1) is 6.72. The molecule has 1 aliphatic rings. The summed E-state index contributed by atoms with van der Waals surface area (Å²) in [5, 5.41) is 0. The molecular formula is C11H25N3. The first-order valence-electron chi connectivity index (χ1n) is 5.89. The summed E-state index contributed by atoms with van der Waals surface area (Å²) < 4.78 is 0. The van der Waals surface area contributed by atoms with E-state index in [0.29, 0.717) is 6.04 Å². The van der Waals surface area contributed by atoms with E-state index in [1.807, 2.05) is 0 Å². The molecule has 0 bridgehead atoms. The fourth-order valence-electron chi connectivity index (χ4n) is 2.08. The molecule has 84 valence electrons. The second kappa shape index (κ2) is 6.38. The van der Waals surface area contributed by atoms with Crippen LogP contribution < -0.4 is 5.73 Å². The smallest absolute Gasteiger partial charge is 0.0167 e. The summed E-state index contributed by atoms with van der Waals surface area (Å²) >= 11 is 0. The van der Waals surface area contributed by atoms with Crippen LogP contribution in [0.25, 0.3) is 0 Å². The topological polar surface area (TPSA) is 32.5 Å². The minimum atomic E-state index is 0.378. The Hall–Kier alpha value is -0.120. The molecule has 3 heteroatoms. The van der Waals surface area contributed by atoms with Gasteiger partial charge in [-0.15, -0.1) is 0 Å². The van der Waals surface area contributed by atoms with Crippen molar-refractivity contribution in [2.75, 3.05) is 39.8 Å². The van der Waals surface area contributed by atoms with Crippen molar-refractivity contribution in [2.45, 2.75) is 32.2 Å². The molecule has 1 saturated heterocycles. The molecule has 3 nitrogen and oxygen atoms in total. The van der Waals surface area contributed by atoms with E-state index in [2.05, 4.69) is 23.8 Å². The summed E-state index contributed by atoms with van der Waals surface area (Å²) in [6.07, 6.45) is 3.65. The molecule has 0 aromatic rings. The summed E-state index contributed by atoms with van der Waals surface area (Å²) in [5.41, 5.74) is 6.05. The first-order valence-corrected chi connectivity index (χ1v) is 5.89. The summed E-state index contributed by atoms with van der Waals surface area (Å²) in [7, 11) is 2.20. The van der Waals surface area contributed by atoms with Crippen molar-refractivity contribution in [1.29, 1.82) is 0 Å². The normalized spacial score (nSPS) is 23.4. The molecule has 14 heavy (non-hydrogen) atoms. The van der Waals surface area contributed by atoms with Crippen molar-refractivity contribution in [3.8, 4) is 0 Å². The molecule has 1 heterocycles. The van der Waals surface area contributed by atoms with E-state index in [1.165, 1.54) is 39.0 Å². The Morgan fingerprint density at radius 3 is 2.71 bits per heavy atom. The third kappa shape index (κ3) is 4.40. The van der Waals surface area contributed by atoms with Crippen LogP contribution >= 0.6 is 0 Å². The van der Waals surface area contributed by atoms with Crippen molar-refractivity contribution in [2.24, 2.45) is 5.73 Å². The molecule has 0 aromatic carbocycles. The highest BCUT2D eigenvalue weighted by Gasteiger charge is 2.13. The van der Waals surface area contributed by atoms with Gasteiger partial charge in [-0.1, -0.05) is 13.3 Å². The van der Waals surface area contributed by atoms with Crippen molar-refractivity contribution < 1.29 is 0 Å². The molecule has 1 rings (SSSR count). The van der Waals surface area contributed by atoms with Crippen molar-refractivity contribution >= 4 is 0 Å². The van der Waals surface area contributed by atoms with Gasteiger partial charge in [0.25, 0.3) is 0 Å². The van der Waals surface area contributed by atoms with Gasteiger partial charge in [-0.25, -0.2) is 0 Å². The number of nitrogens with zero attached hydrogens (tertiary/aromatic N) is 2. The molecule has 0 saturated carbocycles. The van der Waals surface area contributed by atoms with Gasteiger partial charge in [-0.2, -0.15) is 0 Å². The standard InChI is InChI=1S/C11H25N3/c1-3-5-11(12)10-14-7-4-6-13(2)8-9-14/h11H,3-10,12H2,1-2H3/t11-/m1/s1. The molecule has 0 aromatic heterocycles. The molecule has 0 unspecified atom stereocenters. The van der Waals surface area contributed by atoms with Gasteiger partial charge < -0.3 is 15.5 Å². The number of likely N-dealkylation sites (N-methyl/N-ethyl adjacent to an activating group) is 1. The Morgan fingerprint density at radius 1 is 1.21 bits per heavy atom. The highest BCUT2D eigenvalue weighted by molar-refractivity contribution is 4.72. The molecular weight excluding hydrogens is 174 g/mol. The molecule has 2 N–H and O–H groups in total. The van der Waals surface area contributed by atoms with E-state index in [0.717, 1.165) is 13.0 Å². The van der Waals surface area contributed by atoms with Crippen molar-refractivity contribution in [1.82, 2.24) is 9.80 Å². The van der Waals surface area contributed by atoms with Crippen LogP contribution in [0.3, 0.4) is 0 Å². The fraction of sp³-hybridized carbons (Fsp3) is 1.00. The highest BCUT2D eigenvalue weighted by Crippen LogP contribution is 2.03. The average molecular weight is 199 g/mol. The largest absolute Gasteiger partial charge is 0.327 e. The van der Waals surface area contributed by atoms with Crippen molar-refractivity contribution in [3.05, 3.63) is 0 Å². The van der Waals surface area contributed by atoms with Gasteiger partial charge in [0.15, 0.2) is 0 Å². The Morgan fingerprint density at radius 2 is 2.00 bits per heavy atom. The van der Waals surface area contributed by atoms with Crippen LogP contribution in [-0.2, 0) is 0 Å². The Bertz CT molecular complexity index is 149. The Kier molecular flexibility index (Phi) is 5.45. The van der Waals surface area contributed by atoms with E-state index in [4.69, 9.17) is 5.73 Å². The van der Waals surface area contributed by atoms with Crippen LogP contribution in [0.4, 0.5) is 0 Å². The van der Waals surface area contributed by atoms with Crippen molar-refractivity contribution in [3.63, 3.8) is 0 Å². The maximum Gasteiger partial charge on any atom is 0.0167 e. The quantitative estimate of drug-likeness (QED) is 0.725. The van der Waals surface area contributed by atoms with E-state index in [9.17, 15) is 0 Å². The summed E-state index contributed by atoms with van der Waals surface area (Å²) in [4.78, 5) is 4.93. The Labute approximate surface area is 88.2 Å². The summed E-state index contributed by atoms with van der Waals surface area (Å²) in [6, 6.07) is 0.378. The third-order valence-electron chi connectivity index (χ3n) is 2.96. The molecule has 0 amide bonds. The van der Waals surface area contributed by atoms with Crippen LogP contribution in [0.15, 0.2) is 0 Å². The predicted molar refractivity (Wildman–Crippen MR) is 61.4 cm³/mol. The Balaban J connectivity index is 2.22. The number of hydrogen-bond acceptors (Lipinski definition) is 3. The lowest BCUT2D eigenvalue weighted by Crippen LogP contribution is -2.39. The summed E-state index contributed by atoms with van der Waals surface area (Å²) in [6.45, 7) is 8.13. The zero-order valence-electron chi connectivity index (χ0n) is 9.71. The van der Waals surface area contributed by atoms with Crippen LogP contribution in [0.2, 0.25) is 0 Å². The van der Waals surface area contributed by atoms with E-state index in [-0.39, 0.29) is 0 Å². The third-order valence-corrected chi connectivity index (χ3v) is 2.96. The zero-order chi connectivity index (χ0) is 10.4. The average Bonchev–Trinajstić information content (AvgIpc) is 2.32. The molecule has 0 spiro atoms. The van der Waals surface area contributed by atoms with E-state index >= 15 is 0 Å². The van der Waals surface area contributed by atoms with Gasteiger partial charge in [0.05, 0.1) is 0 Å². The lowest BCUT2D eigenvalue weighted by Gasteiger charge is -2.23. The molecule has 1 fully saturated rings. The van der Waals surface area contributed by atoms with E-state index < -0.39 is 0 Å². The lowest BCUT2D eigenvalue weighted by atomic mass is 10.1. The summed E-state index contributed by atoms with van der Waals surface area (Å²) in [5.74, 6) is 0. The minimum Gasteiger partial charge on any atom is -0.327 e. The lowest BCUT2D eigenvalue weighted by molar-refractivity contribution is 0.256. The molecule has 0 aliphatic carbocycles. The van der Waals surface area contributed by atoms with Crippen LogP contribution in [-0.4, -0.2) is 55.6 Å². The molecule has 1 aliphatic heterocycles. The highest BCUT2D eigenvalue weighted by atomic mass is 15.2. The monoisotopic (exact) mass is 199 g/mol. The predicted octanol–water partition coefficient (Wildman–Crippen LogP) is 0.751. The van der Waals surface area contributed by atoms with Gasteiger partial charge in [-0.05, 0) is 33.0 Å². The SMILES string of the molecule is CCC[C@@H](N)CN1CCCN(C)CC1. The number of nitrogens with two attached hydrogens (primary N) is 1. The van der Waals surface area contributed by atoms with Gasteiger partial charge >= 0.3 is 0 Å². The van der Waals surface area contributed by atoms with Crippen LogP contribution in [0.1, 0.15) is 26.2 Å². The number of rotatable bonds is 4. The van der Waals surface area contributed by atoms with Crippen LogP contribution in [0.5, 0.6) is 0 Å². The molecule has 1 atom stereocenters. The first kappa shape index (κ1) is 12.0. The van der Waals surface area contributed by atoms with Gasteiger partial charge in [0.2, 0.25) is 0 Å². The fourth-order valence-corrected chi connectivity index (χ4v) is 2.08. The second-order valence-electron chi connectivity index (χ2n) is 4.51. The van der Waals surface area contributed by atoms with Crippen LogP contribution in [0, 0.1) is 0 Å². The zero-order valence-corrected chi connectivity index (χ0v) is 9.71. The van der Waals surface area contributed by atoms with Gasteiger partial charge in [-0.3, -0.25) is 0 Å². The minimum absolute atomic E-state index is 0.378. The van der Waals surface area contributed by atoms with Gasteiger partial charge in [0.1, 0.15) is 0 Å². The number of hydrogen-bond donors (Lipinski definition) is 1. The maximum atomic E-state index is 6.05. The van der Waals surface area contributed by atoms with E-state index in [1.54, 1.807) is 0 Å². The van der Waals surface area contributed by atoms with Gasteiger partial charge in [0, 0.05) is 25.7 Å².